The van der Waals surface area contributed by atoms with Gasteiger partial charge in [0.2, 0.25) is 17.7 Å². The number of ether oxygens (including phenoxy) is 1. The number of halogens is 2. The predicted octanol–water partition coefficient (Wildman–Crippen LogP) is 4.71. The average Bonchev–Trinajstić information content (AvgIpc) is 3.37. The first-order chi connectivity index (χ1) is 17.3. The third-order valence-corrected chi connectivity index (χ3v) is 6.66. The van der Waals surface area contributed by atoms with Gasteiger partial charge in [0.1, 0.15) is 17.4 Å². The number of hydrogen-bond donors (Lipinski definition) is 1. The Bertz CT molecular complexity index is 1120. The highest BCUT2D eigenvalue weighted by Crippen LogP contribution is 2.31. The van der Waals surface area contributed by atoms with E-state index in [1.165, 1.54) is 0 Å². The smallest absolute Gasteiger partial charge is 0.234 e. The topological polar surface area (TPSA) is 97.4 Å². The zero-order valence-corrected chi connectivity index (χ0v) is 21.0. The minimum atomic E-state index is -0.833. The van der Waals surface area contributed by atoms with Crippen LogP contribution in [0, 0.1) is 17.6 Å². The molecule has 0 saturated carbocycles. The number of hydrogen-bond acceptors (Lipinski definition) is 8. The lowest BCUT2D eigenvalue weighted by molar-refractivity contribution is 0.182. The molecule has 2 aromatic heterocycles. The molecular formula is C26H33F2N5O3. The van der Waals surface area contributed by atoms with Gasteiger partial charge < -0.3 is 19.3 Å². The molecule has 0 amide bonds. The number of aliphatic hydroxyl groups excluding tert-OH is 1. The zero-order chi connectivity index (χ0) is 25.7. The Morgan fingerprint density at radius 1 is 1.14 bits per heavy atom. The van der Waals surface area contributed by atoms with E-state index >= 15 is 0 Å². The van der Waals surface area contributed by atoms with E-state index in [1.54, 1.807) is 13.8 Å². The van der Waals surface area contributed by atoms with Crippen LogP contribution >= 0.6 is 0 Å². The molecule has 1 aromatic carbocycles. The second-order valence-corrected chi connectivity index (χ2v) is 9.89. The summed E-state index contributed by atoms with van der Waals surface area (Å²) in [6, 6.07) is 2.27. The van der Waals surface area contributed by atoms with Crippen molar-refractivity contribution in [2.24, 2.45) is 5.92 Å². The van der Waals surface area contributed by atoms with E-state index in [4.69, 9.17) is 9.26 Å². The summed E-state index contributed by atoms with van der Waals surface area (Å²) >= 11 is 0. The summed E-state index contributed by atoms with van der Waals surface area (Å²) in [6.45, 7) is 7.43. The molecule has 8 nitrogen and oxygen atoms in total. The summed E-state index contributed by atoms with van der Waals surface area (Å²) < 4.78 is 40.1. The van der Waals surface area contributed by atoms with Gasteiger partial charge in [0.25, 0.3) is 0 Å². The van der Waals surface area contributed by atoms with Gasteiger partial charge in [-0.1, -0.05) is 12.1 Å². The first-order valence-electron chi connectivity index (χ1n) is 12.4. The van der Waals surface area contributed by atoms with E-state index in [2.05, 4.69) is 31.9 Å². The Balaban J connectivity index is 1.25. The largest absolute Gasteiger partial charge is 0.493 e. The molecule has 1 fully saturated rings. The predicted molar refractivity (Wildman–Crippen MR) is 131 cm³/mol. The SMILES string of the molecule is CCc1cnc(N2CCC(CCCOc3cc(F)c(-c4noc(C(C)(C)CO)n4)c(F)c3)CC2)nc1. The lowest BCUT2D eigenvalue weighted by atomic mass is 9.92. The van der Waals surface area contributed by atoms with Crippen molar-refractivity contribution in [3.05, 3.63) is 47.6 Å². The van der Waals surface area contributed by atoms with Crippen LogP contribution in [-0.4, -0.2) is 51.5 Å². The third kappa shape index (κ3) is 5.98. The van der Waals surface area contributed by atoms with Crippen LogP contribution in [0.4, 0.5) is 14.7 Å². The Kier molecular flexibility index (Phi) is 8.13. The molecule has 4 rings (SSSR count). The second-order valence-electron chi connectivity index (χ2n) is 9.89. The number of nitrogens with zero attached hydrogens (tertiary/aromatic N) is 5. The molecule has 0 atom stereocenters. The van der Waals surface area contributed by atoms with E-state index < -0.39 is 17.0 Å². The van der Waals surface area contributed by atoms with Gasteiger partial charge >= 0.3 is 0 Å². The molecule has 0 unspecified atom stereocenters. The van der Waals surface area contributed by atoms with Crippen molar-refractivity contribution >= 4 is 5.95 Å². The molecule has 10 heteroatoms. The first-order valence-corrected chi connectivity index (χ1v) is 12.4. The molecule has 1 aliphatic rings. The van der Waals surface area contributed by atoms with Crippen molar-refractivity contribution in [1.29, 1.82) is 0 Å². The highest BCUT2D eigenvalue weighted by Gasteiger charge is 2.29. The number of piperidine rings is 1. The van der Waals surface area contributed by atoms with Crippen LogP contribution in [0.2, 0.25) is 0 Å². The fourth-order valence-electron chi connectivity index (χ4n) is 4.19. The van der Waals surface area contributed by atoms with Crippen molar-refractivity contribution < 1.29 is 23.1 Å². The van der Waals surface area contributed by atoms with Crippen LogP contribution in [0.1, 0.15) is 57.9 Å². The molecule has 194 valence electrons. The minimum Gasteiger partial charge on any atom is -0.493 e. The minimum absolute atomic E-state index is 0.104. The van der Waals surface area contributed by atoms with E-state index in [0.29, 0.717) is 12.5 Å². The Morgan fingerprint density at radius 3 is 2.42 bits per heavy atom. The van der Waals surface area contributed by atoms with E-state index in [1.807, 2.05) is 12.4 Å². The first kappa shape index (κ1) is 25.9. The van der Waals surface area contributed by atoms with Gasteiger partial charge in [-0.2, -0.15) is 4.98 Å². The van der Waals surface area contributed by atoms with E-state index in [0.717, 1.165) is 68.8 Å². The van der Waals surface area contributed by atoms with Gasteiger partial charge in [-0.25, -0.2) is 18.7 Å². The molecule has 3 heterocycles. The van der Waals surface area contributed by atoms with Gasteiger partial charge in [0.15, 0.2) is 0 Å². The molecule has 36 heavy (non-hydrogen) atoms. The number of aryl methyl sites for hydroxylation is 1. The Hall–Kier alpha value is -3.14. The highest BCUT2D eigenvalue weighted by atomic mass is 19.1. The van der Waals surface area contributed by atoms with Crippen LogP contribution in [0.3, 0.4) is 0 Å². The number of rotatable bonds is 10. The second kappa shape index (κ2) is 11.3. The van der Waals surface area contributed by atoms with Gasteiger partial charge in [-0.3, -0.25) is 0 Å². The Labute approximate surface area is 209 Å². The quantitative estimate of drug-likeness (QED) is 0.399. The molecule has 0 bridgehead atoms. The molecule has 1 aliphatic heterocycles. The third-order valence-electron chi connectivity index (χ3n) is 6.66. The highest BCUT2D eigenvalue weighted by molar-refractivity contribution is 5.58. The van der Waals surface area contributed by atoms with E-state index in [-0.39, 0.29) is 29.6 Å². The lowest BCUT2D eigenvalue weighted by Gasteiger charge is -2.32. The molecule has 0 aliphatic carbocycles. The lowest BCUT2D eigenvalue weighted by Crippen LogP contribution is -2.35. The Morgan fingerprint density at radius 2 is 1.81 bits per heavy atom. The van der Waals surface area contributed by atoms with Gasteiger partial charge in [-0.15, -0.1) is 0 Å². The summed E-state index contributed by atoms with van der Waals surface area (Å²) in [4.78, 5) is 15.2. The van der Waals surface area contributed by atoms with Crippen LogP contribution < -0.4 is 9.64 Å². The maximum Gasteiger partial charge on any atom is 0.234 e. The maximum atomic E-state index is 14.7. The van der Waals surface area contributed by atoms with Crippen molar-refractivity contribution in [3.8, 4) is 17.1 Å². The average molecular weight is 502 g/mol. The number of aliphatic hydroxyl groups is 1. The van der Waals surface area contributed by atoms with E-state index in [9.17, 15) is 13.9 Å². The van der Waals surface area contributed by atoms with Gasteiger partial charge in [-0.05, 0) is 57.4 Å². The van der Waals surface area contributed by atoms with Gasteiger partial charge in [0, 0.05) is 37.6 Å². The molecule has 0 spiro atoms. The number of anilines is 1. The molecule has 0 radical (unpaired) electrons. The molecular weight excluding hydrogens is 468 g/mol. The molecule has 3 aromatic rings. The number of benzene rings is 1. The number of aromatic nitrogens is 4. The fraction of sp³-hybridized carbons (Fsp3) is 0.538. The molecule has 1 N–H and O–H groups in total. The van der Waals surface area contributed by atoms with Crippen molar-refractivity contribution in [2.75, 3.05) is 31.2 Å². The normalized spacial score (nSPS) is 14.9. The van der Waals surface area contributed by atoms with Crippen molar-refractivity contribution in [1.82, 2.24) is 20.1 Å². The summed E-state index contributed by atoms with van der Waals surface area (Å²) in [7, 11) is 0. The van der Waals surface area contributed by atoms with Crippen LogP contribution in [-0.2, 0) is 11.8 Å². The summed E-state index contributed by atoms with van der Waals surface area (Å²) in [5, 5.41) is 13.1. The summed E-state index contributed by atoms with van der Waals surface area (Å²) in [5.41, 5.74) is -0.0634. The maximum absolute atomic E-state index is 14.7. The van der Waals surface area contributed by atoms with Crippen LogP contribution in [0.15, 0.2) is 29.0 Å². The monoisotopic (exact) mass is 501 g/mol. The zero-order valence-electron chi connectivity index (χ0n) is 21.0. The van der Waals surface area contributed by atoms with Gasteiger partial charge in [0.05, 0.1) is 24.2 Å². The van der Waals surface area contributed by atoms with Crippen molar-refractivity contribution in [2.45, 2.75) is 58.3 Å². The summed E-state index contributed by atoms with van der Waals surface area (Å²) in [6.07, 6.45) is 8.59. The van der Waals surface area contributed by atoms with Crippen LogP contribution in [0.25, 0.3) is 11.4 Å². The standard InChI is InChI=1S/C26H33F2N5O3/c1-4-17-14-29-25(30-15-17)33-9-7-18(8-10-33)6-5-11-35-19-12-20(27)22(21(28)13-19)23-31-24(36-32-23)26(2,3)16-34/h12-15,18,34H,4-11,16H2,1-3H3. The molecule has 1 saturated heterocycles. The summed E-state index contributed by atoms with van der Waals surface area (Å²) in [5.74, 6) is -0.281. The fourth-order valence-corrected chi connectivity index (χ4v) is 4.19. The van der Waals surface area contributed by atoms with Crippen molar-refractivity contribution in [3.63, 3.8) is 0 Å². The van der Waals surface area contributed by atoms with Crippen LogP contribution in [0.5, 0.6) is 5.75 Å².